The van der Waals surface area contributed by atoms with E-state index < -0.39 is 17.7 Å². The highest BCUT2D eigenvalue weighted by atomic mass is 19.4. The number of hydrogen-bond acceptors (Lipinski definition) is 2. The molecular formula is C11H9F3O3. The third-order valence-electron chi connectivity index (χ3n) is 1.98. The molecule has 1 rings (SSSR count). The number of aliphatic carboxylic acids is 1. The Morgan fingerprint density at radius 1 is 1.41 bits per heavy atom. The molecule has 3 nitrogen and oxygen atoms in total. The predicted molar refractivity (Wildman–Crippen MR) is 54.7 cm³/mol. The van der Waals surface area contributed by atoms with E-state index in [2.05, 4.69) is 0 Å². The number of methoxy groups -OCH3 is 1. The van der Waals surface area contributed by atoms with Gasteiger partial charge in [0.1, 0.15) is 5.75 Å². The molecule has 0 fully saturated rings. The van der Waals surface area contributed by atoms with E-state index >= 15 is 0 Å². The first-order chi connectivity index (χ1) is 7.86. The van der Waals surface area contributed by atoms with E-state index in [4.69, 9.17) is 9.84 Å². The summed E-state index contributed by atoms with van der Waals surface area (Å²) in [7, 11) is 1.22. The summed E-state index contributed by atoms with van der Waals surface area (Å²) in [4.78, 5) is 10.3. The fourth-order valence-electron chi connectivity index (χ4n) is 1.30. The van der Waals surface area contributed by atoms with Gasteiger partial charge in [-0.3, -0.25) is 0 Å². The van der Waals surface area contributed by atoms with Crippen molar-refractivity contribution in [2.45, 2.75) is 6.18 Å². The second kappa shape index (κ2) is 4.90. The molecule has 0 bridgehead atoms. The van der Waals surface area contributed by atoms with Gasteiger partial charge in [-0.25, -0.2) is 4.79 Å². The number of carboxylic acid groups (broad SMARTS) is 1. The van der Waals surface area contributed by atoms with Crippen LogP contribution in [0.3, 0.4) is 0 Å². The van der Waals surface area contributed by atoms with Crippen molar-refractivity contribution in [3.05, 3.63) is 35.4 Å². The lowest BCUT2D eigenvalue weighted by Crippen LogP contribution is -2.08. The standard InChI is InChI=1S/C11H9F3O3/c1-17-9-4-2-3-8(11(12,13)14)7(9)5-6-10(15)16/h2-6H,1H3,(H,15,16). The highest BCUT2D eigenvalue weighted by molar-refractivity contribution is 5.86. The average molecular weight is 246 g/mol. The third-order valence-corrected chi connectivity index (χ3v) is 1.98. The molecule has 0 aromatic heterocycles. The summed E-state index contributed by atoms with van der Waals surface area (Å²) >= 11 is 0. The Morgan fingerprint density at radius 3 is 2.53 bits per heavy atom. The summed E-state index contributed by atoms with van der Waals surface area (Å²) in [6.07, 6.45) is -3.07. The minimum atomic E-state index is -4.56. The van der Waals surface area contributed by atoms with Crippen LogP contribution in [0.15, 0.2) is 24.3 Å². The quantitative estimate of drug-likeness (QED) is 0.834. The van der Waals surface area contributed by atoms with Crippen LogP contribution in [0.2, 0.25) is 0 Å². The SMILES string of the molecule is COc1cccc(C(F)(F)F)c1C=CC(=O)O. The van der Waals surface area contributed by atoms with Gasteiger partial charge in [0, 0.05) is 11.6 Å². The monoisotopic (exact) mass is 246 g/mol. The van der Waals surface area contributed by atoms with Gasteiger partial charge in [0.25, 0.3) is 0 Å². The topological polar surface area (TPSA) is 46.5 Å². The van der Waals surface area contributed by atoms with E-state index in [0.29, 0.717) is 6.08 Å². The highest BCUT2D eigenvalue weighted by Gasteiger charge is 2.33. The minimum absolute atomic E-state index is 0.0303. The molecule has 17 heavy (non-hydrogen) atoms. The number of carbonyl (C=O) groups is 1. The maximum atomic E-state index is 12.7. The van der Waals surface area contributed by atoms with Gasteiger partial charge in [-0.2, -0.15) is 13.2 Å². The van der Waals surface area contributed by atoms with Gasteiger partial charge < -0.3 is 9.84 Å². The number of carboxylic acids is 1. The molecule has 0 saturated heterocycles. The first kappa shape index (κ1) is 13.1. The maximum absolute atomic E-state index is 12.7. The van der Waals surface area contributed by atoms with E-state index in [-0.39, 0.29) is 11.3 Å². The first-order valence-electron chi connectivity index (χ1n) is 4.51. The van der Waals surface area contributed by atoms with E-state index in [1.807, 2.05) is 0 Å². The fourth-order valence-corrected chi connectivity index (χ4v) is 1.30. The summed E-state index contributed by atoms with van der Waals surface area (Å²) < 4.78 is 42.7. The normalized spacial score (nSPS) is 11.8. The Bertz CT molecular complexity index is 450. The van der Waals surface area contributed by atoms with Crippen molar-refractivity contribution in [1.82, 2.24) is 0 Å². The highest BCUT2D eigenvalue weighted by Crippen LogP contribution is 2.36. The van der Waals surface area contributed by atoms with Crippen LogP contribution in [0.1, 0.15) is 11.1 Å². The van der Waals surface area contributed by atoms with Crippen LogP contribution in [0.5, 0.6) is 5.75 Å². The van der Waals surface area contributed by atoms with Crippen LogP contribution >= 0.6 is 0 Å². The van der Waals surface area contributed by atoms with Gasteiger partial charge in [-0.15, -0.1) is 0 Å². The molecule has 0 atom stereocenters. The molecule has 0 amide bonds. The maximum Gasteiger partial charge on any atom is 0.417 e. The van der Waals surface area contributed by atoms with Gasteiger partial charge in [-0.1, -0.05) is 6.07 Å². The summed E-state index contributed by atoms with van der Waals surface area (Å²) in [6, 6.07) is 3.39. The zero-order valence-corrected chi connectivity index (χ0v) is 8.78. The van der Waals surface area contributed by atoms with Gasteiger partial charge in [-0.05, 0) is 18.2 Å². The number of hydrogen-bond donors (Lipinski definition) is 1. The van der Waals surface area contributed by atoms with Crippen LogP contribution in [0.4, 0.5) is 13.2 Å². The fraction of sp³-hybridized carbons (Fsp3) is 0.182. The molecule has 1 aromatic rings. The second-order valence-electron chi connectivity index (χ2n) is 3.09. The lowest BCUT2D eigenvalue weighted by Gasteiger charge is -2.13. The van der Waals surface area contributed by atoms with Gasteiger partial charge in [0.15, 0.2) is 0 Å². The largest absolute Gasteiger partial charge is 0.496 e. The van der Waals surface area contributed by atoms with Crippen LogP contribution in [0.25, 0.3) is 6.08 Å². The summed E-state index contributed by atoms with van der Waals surface area (Å²) in [6.45, 7) is 0. The Morgan fingerprint density at radius 2 is 2.06 bits per heavy atom. The molecule has 0 aliphatic rings. The Labute approximate surface area is 95.1 Å². The second-order valence-corrected chi connectivity index (χ2v) is 3.09. The summed E-state index contributed by atoms with van der Waals surface area (Å²) in [5, 5.41) is 8.42. The van der Waals surface area contributed by atoms with Crippen molar-refractivity contribution in [3.8, 4) is 5.75 Å². The van der Waals surface area contributed by atoms with Gasteiger partial charge in [0.2, 0.25) is 0 Å². The van der Waals surface area contributed by atoms with E-state index in [0.717, 1.165) is 12.1 Å². The molecule has 1 N–H and O–H groups in total. The molecule has 6 heteroatoms. The van der Waals surface area contributed by atoms with Gasteiger partial charge in [0.05, 0.1) is 12.7 Å². The van der Waals surface area contributed by atoms with Gasteiger partial charge >= 0.3 is 12.1 Å². The van der Waals surface area contributed by atoms with Crippen molar-refractivity contribution in [3.63, 3.8) is 0 Å². The molecule has 1 aromatic carbocycles. The summed E-state index contributed by atoms with van der Waals surface area (Å²) in [5.74, 6) is -1.36. The van der Waals surface area contributed by atoms with Crippen molar-refractivity contribution < 1.29 is 27.8 Å². The number of ether oxygens (including phenoxy) is 1. The van der Waals surface area contributed by atoms with Crippen LogP contribution in [-0.4, -0.2) is 18.2 Å². The smallest absolute Gasteiger partial charge is 0.417 e. The Balaban J connectivity index is 3.36. The van der Waals surface area contributed by atoms with Crippen molar-refractivity contribution >= 4 is 12.0 Å². The Kier molecular flexibility index (Phi) is 3.77. The lowest BCUT2D eigenvalue weighted by atomic mass is 10.1. The molecule has 0 radical (unpaired) electrons. The average Bonchev–Trinajstić information content (AvgIpc) is 2.24. The number of halogens is 3. The zero-order valence-electron chi connectivity index (χ0n) is 8.78. The molecule has 0 heterocycles. The van der Waals surface area contributed by atoms with Crippen molar-refractivity contribution in [2.24, 2.45) is 0 Å². The number of rotatable bonds is 3. The molecule has 0 aliphatic carbocycles. The minimum Gasteiger partial charge on any atom is -0.496 e. The van der Waals surface area contributed by atoms with E-state index in [1.165, 1.54) is 19.2 Å². The lowest BCUT2D eigenvalue weighted by molar-refractivity contribution is -0.138. The van der Waals surface area contributed by atoms with Crippen LogP contribution in [-0.2, 0) is 11.0 Å². The van der Waals surface area contributed by atoms with Crippen molar-refractivity contribution in [1.29, 1.82) is 0 Å². The van der Waals surface area contributed by atoms with Crippen molar-refractivity contribution in [2.75, 3.05) is 7.11 Å². The number of alkyl halides is 3. The molecule has 0 spiro atoms. The molecule has 92 valence electrons. The first-order valence-corrected chi connectivity index (χ1v) is 4.51. The predicted octanol–water partition coefficient (Wildman–Crippen LogP) is 2.81. The van der Waals surface area contributed by atoms with E-state index in [9.17, 15) is 18.0 Å². The third kappa shape index (κ3) is 3.24. The van der Waals surface area contributed by atoms with E-state index in [1.54, 1.807) is 0 Å². The number of benzene rings is 1. The van der Waals surface area contributed by atoms with Crippen LogP contribution in [0, 0.1) is 0 Å². The molecule has 0 saturated carbocycles. The molecule has 0 unspecified atom stereocenters. The molecule has 0 aliphatic heterocycles. The molecular weight excluding hydrogens is 237 g/mol. The van der Waals surface area contributed by atoms with Crippen LogP contribution < -0.4 is 4.74 Å². The Hall–Kier alpha value is -1.98. The summed E-state index contributed by atoms with van der Waals surface area (Å²) in [5.41, 5.74) is -1.24. The zero-order chi connectivity index (χ0) is 13.1.